The van der Waals surface area contributed by atoms with Crippen LogP contribution in [-0.2, 0) is 0 Å². The Morgan fingerprint density at radius 3 is 2.44 bits per heavy atom. The first-order valence-electron chi connectivity index (χ1n) is 5.91. The molecule has 1 heterocycles. The fourth-order valence-electron chi connectivity index (χ4n) is 2.20. The van der Waals surface area contributed by atoms with Crippen molar-refractivity contribution in [2.45, 2.75) is 23.8 Å². The number of hydrogen-bond donors (Lipinski definition) is 1. The van der Waals surface area contributed by atoms with Crippen LogP contribution in [0.3, 0.4) is 0 Å². The Morgan fingerprint density at radius 1 is 1.25 bits per heavy atom. The van der Waals surface area contributed by atoms with Crippen molar-refractivity contribution in [3.8, 4) is 0 Å². The van der Waals surface area contributed by atoms with Crippen LogP contribution < -0.4 is 5.73 Å². The maximum absolute atomic E-state index is 6.22. The quantitative estimate of drug-likeness (QED) is 0.815. The molecule has 0 spiro atoms. The normalized spacial score (nSPS) is 18.9. The molecule has 1 aliphatic heterocycles. The van der Waals surface area contributed by atoms with E-state index >= 15 is 0 Å². The molecule has 1 atom stereocenters. The lowest BCUT2D eigenvalue weighted by Crippen LogP contribution is -2.29. The summed E-state index contributed by atoms with van der Waals surface area (Å²) >= 11 is 1.77. The number of benzene rings is 1. The van der Waals surface area contributed by atoms with Crippen LogP contribution in [0.15, 0.2) is 29.2 Å². The third kappa shape index (κ3) is 3.00. The number of rotatable bonds is 4. The fourth-order valence-corrected chi connectivity index (χ4v) is 2.61. The minimum atomic E-state index is 0.161. The van der Waals surface area contributed by atoms with Crippen molar-refractivity contribution in [1.29, 1.82) is 0 Å². The highest BCUT2D eigenvalue weighted by Crippen LogP contribution is 2.19. The van der Waals surface area contributed by atoms with E-state index in [2.05, 4.69) is 35.4 Å². The first kappa shape index (κ1) is 12.0. The summed E-state index contributed by atoms with van der Waals surface area (Å²) in [4.78, 5) is 3.77. The average Bonchev–Trinajstić information content (AvgIpc) is 2.82. The van der Waals surface area contributed by atoms with Gasteiger partial charge in [-0.1, -0.05) is 12.1 Å². The van der Waals surface area contributed by atoms with Gasteiger partial charge in [-0.2, -0.15) is 0 Å². The Balaban J connectivity index is 1.94. The monoisotopic (exact) mass is 236 g/mol. The van der Waals surface area contributed by atoms with Crippen LogP contribution in [0.1, 0.15) is 24.4 Å². The van der Waals surface area contributed by atoms with Crippen molar-refractivity contribution in [3.05, 3.63) is 29.8 Å². The van der Waals surface area contributed by atoms with Gasteiger partial charge in [-0.05, 0) is 49.9 Å². The van der Waals surface area contributed by atoms with E-state index in [9.17, 15) is 0 Å². The zero-order valence-corrected chi connectivity index (χ0v) is 10.7. The number of nitrogens with two attached hydrogens (primary N) is 1. The molecule has 1 unspecified atom stereocenters. The molecular formula is C13H20N2S. The maximum atomic E-state index is 6.22. The van der Waals surface area contributed by atoms with E-state index in [1.54, 1.807) is 11.8 Å². The lowest BCUT2D eigenvalue weighted by atomic mass is 10.1. The van der Waals surface area contributed by atoms with Crippen LogP contribution in [0.4, 0.5) is 0 Å². The van der Waals surface area contributed by atoms with E-state index in [-0.39, 0.29) is 6.04 Å². The predicted molar refractivity (Wildman–Crippen MR) is 70.8 cm³/mol. The van der Waals surface area contributed by atoms with E-state index in [0.29, 0.717) is 0 Å². The molecule has 2 rings (SSSR count). The highest BCUT2D eigenvalue weighted by Gasteiger charge is 2.15. The topological polar surface area (TPSA) is 29.3 Å². The second-order valence-corrected chi connectivity index (χ2v) is 5.27. The lowest BCUT2D eigenvalue weighted by Gasteiger charge is -2.20. The highest BCUT2D eigenvalue weighted by atomic mass is 32.2. The van der Waals surface area contributed by atoms with E-state index in [1.165, 1.54) is 36.4 Å². The van der Waals surface area contributed by atoms with E-state index in [0.717, 1.165) is 6.54 Å². The zero-order valence-electron chi connectivity index (χ0n) is 9.86. The standard InChI is InChI=1S/C13H20N2S/c1-16-12-6-4-11(5-7-12)13(14)10-15-8-2-3-9-15/h4-7,13H,2-3,8-10,14H2,1H3. The minimum Gasteiger partial charge on any atom is -0.323 e. The van der Waals surface area contributed by atoms with Gasteiger partial charge in [0.1, 0.15) is 0 Å². The number of nitrogens with zero attached hydrogens (tertiary/aromatic N) is 1. The minimum absolute atomic E-state index is 0.161. The summed E-state index contributed by atoms with van der Waals surface area (Å²) in [6.45, 7) is 3.44. The molecule has 2 N–H and O–H groups in total. The molecule has 88 valence electrons. The molecule has 0 radical (unpaired) electrons. The van der Waals surface area contributed by atoms with Gasteiger partial charge < -0.3 is 10.6 Å². The molecule has 3 heteroatoms. The molecule has 1 aliphatic rings. The van der Waals surface area contributed by atoms with Gasteiger partial charge in [0.2, 0.25) is 0 Å². The fraction of sp³-hybridized carbons (Fsp3) is 0.538. The molecule has 0 bridgehead atoms. The average molecular weight is 236 g/mol. The van der Waals surface area contributed by atoms with Gasteiger partial charge in [-0.15, -0.1) is 11.8 Å². The van der Waals surface area contributed by atoms with Crippen molar-refractivity contribution in [1.82, 2.24) is 4.90 Å². The summed E-state index contributed by atoms with van der Waals surface area (Å²) in [6, 6.07) is 8.79. The molecule has 1 aromatic carbocycles. The third-order valence-corrected chi connectivity index (χ3v) is 3.94. The van der Waals surface area contributed by atoms with Crippen LogP contribution in [0, 0.1) is 0 Å². The zero-order chi connectivity index (χ0) is 11.4. The van der Waals surface area contributed by atoms with Gasteiger partial charge in [0, 0.05) is 17.5 Å². The maximum Gasteiger partial charge on any atom is 0.0424 e. The van der Waals surface area contributed by atoms with Gasteiger partial charge in [0.25, 0.3) is 0 Å². The molecule has 0 amide bonds. The van der Waals surface area contributed by atoms with Crippen molar-refractivity contribution in [2.24, 2.45) is 5.73 Å². The molecule has 2 nitrogen and oxygen atoms in total. The van der Waals surface area contributed by atoms with Gasteiger partial charge in [0.15, 0.2) is 0 Å². The SMILES string of the molecule is CSc1ccc(C(N)CN2CCCC2)cc1. The third-order valence-electron chi connectivity index (χ3n) is 3.20. The summed E-state index contributed by atoms with van der Waals surface area (Å²) in [6.07, 6.45) is 4.76. The number of likely N-dealkylation sites (tertiary alicyclic amines) is 1. The number of thioether (sulfide) groups is 1. The smallest absolute Gasteiger partial charge is 0.0424 e. The summed E-state index contributed by atoms with van der Waals surface area (Å²) in [7, 11) is 0. The molecular weight excluding hydrogens is 216 g/mol. The molecule has 1 fully saturated rings. The van der Waals surface area contributed by atoms with Gasteiger partial charge in [-0.3, -0.25) is 0 Å². The lowest BCUT2D eigenvalue weighted by molar-refractivity contribution is 0.316. The Labute approximate surface area is 102 Å². The second kappa shape index (κ2) is 5.71. The predicted octanol–water partition coefficient (Wildman–Crippen LogP) is 2.50. The summed E-state index contributed by atoms with van der Waals surface area (Å²) in [5, 5.41) is 0. The molecule has 1 saturated heterocycles. The van der Waals surface area contributed by atoms with Crippen LogP contribution >= 0.6 is 11.8 Å². The molecule has 16 heavy (non-hydrogen) atoms. The summed E-state index contributed by atoms with van der Waals surface area (Å²) < 4.78 is 0. The number of hydrogen-bond acceptors (Lipinski definition) is 3. The summed E-state index contributed by atoms with van der Waals surface area (Å²) in [5.41, 5.74) is 7.47. The van der Waals surface area contributed by atoms with Gasteiger partial charge >= 0.3 is 0 Å². The highest BCUT2D eigenvalue weighted by molar-refractivity contribution is 7.98. The Bertz CT molecular complexity index is 317. The Morgan fingerprint density at radius 2 is 1.88 bits per heavy atom. The van der Waals surface area contributed by atoms with E-state index in [1.807, 2.05) is 0 Å². The molecule has 0 aromatic heterocycles. The van der Waals surface area contributed by atoms with Crippen LogP contribution in [0.25, 0.3) is 0 Å². The first-order chi connectivity index (χ1) is 7.79. The van der Waals surface area contributed by atoms with Gasteiger partial charge in [-0.25, -0.2) is 0 Å². The Kier molecular flexibility index (Phi) is 4.27. The van der Waals surface area contributed by atoms with Crippen molar-refractivity contribution in [3.63, 3.8) is 0 Å². The van der Waals surface area contributed by atoms with Crippen LogP contribution in [0.5, 0.6) is 0 Å². The second-order valence-electron chi connectivity index (χ2n) is 4.39. The van der Waals surface area contributed by atoms with Crippen LogP contribution in [0.2, 0.25) is 0 Å². The largest absolute Gasteiger partial charge is 0.323 e. The molecule has 1 aromatic rings. The van der Waals surface area contributed by atoms with Crippen molar-refractivity contribution in [2.75, 3.05) is 25.9 Å². The van der Waals surface area contributed by atoms with Crippen LogP contribution in [-0.4, -0.2) is 30.8 Å². The van der Waals surface area contributed by atoms with Crippen molar-refractivity contribution >= 4 is 11.8 Å². The van der Waals surface area contributed by atoms with Gasteiger partial charge in [0.05, 0.1) is 0 Å². The van der Waals surface area contributed by atoms with Crippen molar-refractivity contribution < 1.29 is 0 Å². The molecule has 0 saturated carbocycles. The first-order valence-corrected chi connectivity index (χ1v) is 7.14. The van der Waals surface area contributed by atoms with E-state index in [4.69, 9.17) is 5.73 Å². The van der Waals surface area contributed by atoms with E-state index < -0.39 is 0 Å². The summed E-state index contributed by atoms with van der Waals surface area (Å²) in [5.74, 6) is 0. The Hall–Kier alpha value is -0.510. The molecule has 0 aliphatic carbocycles.